The average molecular weight is 203 g/mol. The number of carbonyl (C=O) groups is 1. The highest BCUT2D eigenvalue weighted by molar-refractivity contribution is 5.97. The highest BCUT2D eigenvalue weighted by Crippen LogP contribution is 2.20. The van der Waals surface area contributed by atoms with E-state index in [1.54, 1.807) is 23.1 Å². The third-order valence-electron chi connectivity index (χ3n) is 2.51. The molecule has 80 valence electrons. The maximum absolute atomic E-state index is 12.0. The normalized spacial score (nSPS) is 18.2. The van der Waals surface area contributed by atoms with E-state index in [0.717, 1.165) is 30.5 Å². The zero-order valence-electron chi connectivity index (χ0n) is 9.20. The molecule has 1 rings (SSSR count). The van der Waals surface area contributed by atoms with Crippen LogP contribution in [0.15, 0.2) is 48.6 Å². The van der Waals surface area contributed by atoms with Gasteiger partial charge in [0.25, 0.3) is 5.91 Å². The molecule has 15 heavy (non-hydrogen) atoms. The van der Waals surface area contributed by atoms with Crippen molar-refractivity contribution in [2.24, 2.45) is 0 Å². The summed E-state index contributed by atoms with van der Waals surface area (Å²) in [5.41, 5.74) is 1.77. The molecule has 0 saturated heterocycles. The first-order valence-corrected chi connectivity index (χ1v) is 5.11. The minimum atomic E-state index is 0.0699. The molecule has 0 unspecified atom stereocenters. The van der Waals surface area contributed by atoms with E-state index in [4.69, 9.17) is 0 Å². The van der Waals surface area contributed by atoms with Crippen molar-refractivity contribution in [3.05, 3.63) is 48.6 Å². The van der Waals surface area contributed by atoms with E-state index in [1.165, 1.54) is 0 Å². The summed E-state index contributed by atoms with van der Waals surface area (Å²) >= 11 is 0. The van der Waals surface area contributed by atoms with Crippen molar-refractivity contribution >= 4 is 5.91 Å². The summed E-state index contributed by atoms with van der Waals surface area (Å²) in [6.07, 6.45) is 8.96. The topological polar surface area (TPSA) is 20.3 Å². The Bertz CT molecular complexity index is 336. The lowest BCUT2D eigenvalue weighted by Gasteiger charge is -2.14. The van der Waals surface area contributed by atoms with Crippen molar-refractivity contribution in [2.75, 3.05) is 13.6 Å². The number of amides is 1. The van der Waals surface area contributed by atoms with Gasteiger partial charge in [-0.1, -0.05) is 31.4 Å². The molecular formula is C13H17NO. The van der Waals surface area contributed by atoms with Crippen LogP contribution in [-0.2, 0) is 4.79 Å². The second kappa shape index (κ2) is 5.35. The lowest BCUT2D eigenvalue weighted by atomic mass is 10.0. The Morgan fingerprint density at radius 2 is 2.13 bits per heavy atom. The lowest BCUT2D eigenvalue weighted by Crippen LogP contribution is -2.27. The van der Waals surface area contributed by atoms with Crippen LogP contribution in [0.2, 0.25) is 0 Å². The van der Waals surface area contributed by atoms with Gasteiger partial charge in [-0.25, -0.2) is 0 Å². The van der Waals surface area contributed by atoms with E-state index in [2.05, 4.69) is 13.2 Å². The lowest BCUT2D eigenvalue weighted by molar-refractivity contribution is -0.125. The molecule has 0 aromatic carbocycles. The van der Waals surface area contributed by atoms with Crippen LogP contribution < -0.4 is 0 Å². The number of hydrogen-bond donors (Lipinski definition) is 0. The van der Waals surface area contributed by atoms with E-state index in [-0.39, 0.29) is 5.91 Å². The highest BCUT2D eigenvalue weighted by atomic mass is 16.2. The van der Waals surface area contributed by atoms with Crippen molar-refractivity contribution in [3.8, 4) is 0 Å². The van der Waals surface area contributed by atoms with Gasteiger partial charge in [0.2, 0.25) is 0 Å². The Morgan fingerprint density at radius 3 is 2.73 bits per heavy atom. The average Bonchev–Trinajstić information content (AvgIpc) is 2.37. The van der Waals surface area contributed by atoms with Gasteiger partial charge in [0, 0.05) is 19.2 Å². The predicted molar refractivity (Wildman–Crippen MR) is 63.4 cm³/mol. The maximum atomic E-state index is 12.0. The molecule has 0 bridgehead atoms. The summed E-state index contributed by atoms with van der Waals surface area (Å²) < 4.78 is 0. The SMILES string of the molecule is C=C/C=C\C1=C(C=C)CCCN(C)C1=O. The number of rotatable bonds is 3. The summed E-state index contributed by atoms with van der Waals surface area (Å²) in [5.74, 6) is 0.0699. The number of likely N-dealkylation sites (N-methyl/N-ethyl adjacent to an activating group) is 1. The summed E-state index contributed by atoms with van der Waals surface area (Å²) in [7, 11) is 1.83. The van der Waals surface area contributed by atoms with Crippen LogP contribution in [0.1, 0.15) is 12.8 Å². The summed E-state index contributed by atoms with van der Waals surface area (Å²) in [5, 5.41) is 0. The largest absolute Gasteiger partial charge is 0.342 e. The fourth-order valence-corrected chi connectivity index (χ4v) is 1.64. The fourth-order valence-electron chi connectivity index (χ4n) is 1.64. The Morgan fingerprint density at radius 1 is 1.40 bits per heavy atom. The van der Waals surface area contributed by atoms with Crippen LogP contribution in [0.3, 0.4) is 0 Å². The van der Waals surface area contributed by atoms with E-state index in [1.807, 2.05) is 13.1 Å². The third-order valence-corrected chi connectivity index (χ3v) is 2.51. The van der Waals surface area contributed by atoms with Gasteiger partial charge in [0.1, 0.15) is 0 Å². The Balaban J connectivity index is 3.10. The van der Waals surface area contributed by atoms with Crippen LogP contribution in [0, 0.1) is 0 Å². The van der Waals surface area contributed by atoms with Gasteiger partial charge in [-0.2, -0.15) is 0 Å². The molecule has 0 fully saturated rings. The van der Waals surface area contributed by atoms with Crippen molar-refractivity contribution in [3.63, 3.8) is 0 Å². The first-order chi connectivity index (χ1) is 7.20. The van der Waals surface area contributed by atoms with Gasteiger partial charge in [-0.3, -0.25) is 4.79 Å². The van der Waals surface area contributed by atoms with Crippen LogP contribution in [-0.4, -0.2) is 24.4 Å². The molecule has 1 aliphatic heterocycles. The van der Waals surface area contributed by atoms with Gasteiger partial charge < -0.3 is 4.90 Å². The van der Waals surface area contributed by atoms with Crippen LogP contribution >= 0.6 is 0 Å². The molecule has 0 aromatic rings. The molecule has 1 aliphatic rings. The van der Waals surface area contributed by atoms with Crippen molar-refractivity contribution < 1.29 is 4.79 Å². The van der Waals surface area contributed by atoms with Gasteiger partial charge in [0.05, 0.1) is 0 Å². The minimum Gasteiger partial charge on any atom is -0.342 e. The van der Waals surface area contributed by atoms with Gasteiger partial charge in [0.15, 0.2) is 0 Å². The number of nitrogens with zero attached hydrogens (tertiary/aromatic N) is 1. The number of carbonyl (C=O) groups excluding carboxylic acids is 1. The second-order valence-corrected chi connectivity index (χ2v) is 3.57. The first-order valence-electron chi connectivity index (χ1n) is 5.11. The number of hydrogen-bond acceptors (Lipinski definition) is 1. The van der Waals surface area contributed by atoms with Gasteiger partial charge >= 0.3 is 0 Å². The molecule has 0 aliphatic carbocycles. The molecule has 0 radical (unpaired) electrons. The van der Waals surface area contributed by atoms with E-state index < -0.39 is 0 Å². The predicted octanol–water partition coefficient (Wildman–Crippen LogP) is 2.46. The zero-order valence-corrected chi connectivity index (χ0v) is 9.20. The van der Waals surface area contributed by atoms with Crippen molar-refractivity contribution in [1.29, 1.82) is 0 Å². The Kier molecular flexibility index (Phi) is 4.10. The third kappa shape index (κ3) is 2.69. The molecular weight excluding hydrogens is 186 g/mol. The van der Waals surface area contributed by atoms with Crippen LogP contribution in [0.25, 0.3) is 0 Å². The molecule has 2 nitrogen and oxygen atoms in total. The van der Waals surface area contributed by atoms with Crippen molar-refractivity contribution in [2.45, 2.75) is 12.8 Å². The first kappa shape index (κ1) is 11.5. The van der Waals surface area contributed by atoms with E-state index in [9.17, 15) is 4.79 Å². The molecule has 0 spiro atoms. The smallest absolute Gasteiger partial charge is 0.253 e. The van der Waals surface area contributed by atoms with Crippen molar-refractivity contribution in [1.82, 2.24) is 4.90 Å². The summed E-state index contributed by atoms with van der Waals surface area (Å²) in [6, 6.07) is 0. The molecule has 2 heteroatoms. The van der Waals surface area contributed by atoms with Crippen LogP contribution in [0.4, 0.5) is 0 Å². The minimum absolute atomic E-state index is 0.0699. The maximum Gasteiger partial charge on any atom is 0.253 e. The van der Waals surface area contributed by atoms with Gasteiger partial charge in [-0.05, 0) is 24.5 Å². The molecule has 1 amide bonds. The molecule has 1 heterocycles. The van der Waals surface area contributed by atoms with Gasteiger partial charge in [-0.15, -0.1) is 0 Å². The zero-order chi connectivity index (χ0) is 11.3. The second-order valence-electron chi connectivity index (χ2n) is 3.57. The molecule has 0 saturated carbocycles. The van der Waals surface area contributed by atoms with E-state index in [0.29, 0.717) is 0 Å². The Hall–Kier alpha value is -1.57. The molecule has 0 aromatic heterocycles. The van der Waals surface area contributed by atoms with Crippen LogP contribution in [0.5, 0.6) is 0 Å². The molecule has 0 N–H and O–H groups in total. The highest BCUT2D eigenvalue weighted by Gasteiger charge is 2.18. The Labute approximate surface area is 91.3 Å². The summed E-state index contributed by atoms with van der Waals surface area (Å²) in [6.45, 7) is 8.17. The van der Waals surface area contributed by atoms with E-state index >= 15 is 0 Å². The monoisotopic (exact) mass is 203 g/mol. The molecule has 0 atom stereocenters. The fraction of sp³-hybridized carbons (Fsp3) is 0.308. The number of allylic oxidation sites excluding steroid dienone is 4. The quantitative estimate of drug-likeness (QED) is 0.645. The standard InChI is InChI=1S/C13H17NO/c1-4-6-9-12-11(5-2)8-7-10-14(3)13(12)15/h4-6,9H,1-2,7-8,10H2,3H3/b9-6-. The summed E-state index contributed by atoms with van der Waals surface area (Å²) in [4.78, 5) is 13.7.